The fraction of sp³-hybridized carbons (Fsp3) is 0.273. The van der Waals surface area contributed by atoms with Crippen molar-refractivity contribution in [3.63, 3.8) is 0 Å². The molecule has 4 rings (SSSR count). The van der Waals surface area contributed by atoms with Crippen LogP contribution in [0.25, 0.3) is 0 Å². The van der Waals surface area contributed by atoms with Crippen molar-refractivity contribution in [2.75, 3.05) is 16.8 Å². The van der Waals surface area contributed by atoms with Crippen molar-refractivity contribution in [1.29, 1.82) is 0 Å². The van der Waals surface area contributed by atoms with Crippen LogP contribution in [-0.2, 0) is 22.4 Å². The number of carbonyl (C=O) groups is 2. The van der Waals surface area contributed by atoms with E-state index in [1.807, 2.05) is 24.3 Å². The van der Waals surface area contributed by atoms with E-state index in [4.69, 9.17) is 0 Å². The lowest BCUT2D eigenvalue weighted by Gasteiger charge is -2.16. The zero-order chi connectivity index (χ0) is 22.7. The highest BCUT2D eigenvalue weighted by Gasteiger charge is 2.34. The van der Waals surface area contributed by atoms with Gasteiger partial charge in [0, 0.05) is 36.7 Å². The Balaban J connectivity index is 1.36. The lowest BCUT2D eigenvalue weighted by molar-refractivity contribution is -0.384. The Morgan fingerprint density at radius 1 is 1.16 bits per heavy atom. The number of carbonyl (C=O) groups excluding carboxylic acids is 2. The molecule has 1 unspecified atom stereocenters. The number of hydrogen-bond donors (Lipinski definition) is 1. The van der Waals surface area contributed by atoms with Crippen molar-refractivity contribution < 1.29 is 14.5 Å². The fourth-order valence-electron chi connectivity index (χ4n) is 3.57. The molecule has 0 saturated carbocycles. The van der Waals surface area contributed by atoms with Gasteiger partial charge in [0.2, 0.25) is 16.9 Å². The van der Waals surface area contributed by atoms with Gasteiger partial charge in [-0.1, -0.05) is 42.5 Å². The fourth-order valence-corrected chi connectivity index (χ4v) is 4.42. The number of amides is 2. The molecular formula is C22H21N5O4S. The van der Waals surface area contributed by atoms with E-state index in [0.29, 0.717) is 28.7 Å². The van der Waals surface area contributed by atoms with Gasteiger partial charge in [-0.05, 0) is 29.7 Å². The summed E-state index contributed by atoms with van der Waals surface area (Å²) in [6, 6.07) is 13.8. The maximum atomic E-state index is 12.5. The van der Waals surface area contributed by atoms with Gasteiger partial charge in [0.15, 0.2) is 0 Å². The molecule has 2 aromatic carbocycles. The Morgan fingerprint density at radius 3 is 2.50 bits per heavy atom. The van der Waals surface area contributed by atoms with Crippen LogP contribution < -0.4 is 10.2 Å². The van der Waals surface area contributed by atoms with E-state index in [1.165, 1.54) is 29.0 Å². The molecule has 10 heteroatoms. The van der Waals surface area contributed by atoms with Crippen LogP contribution in [0.4, 0.5) is 16.5 Å². The van der Waals surface area contributed by atoms with Crippen molar-refractivity contribution in [1.82, 2.24) is 10.2 Å². The second-order valence-electron chi connectivity index (χ2n) is 7.52. The van der Waals surface area contributed by atoms with Crippen LogP contribution in [0.5, 0.6) is 0 Å². The lowest BCUT2D eigenvalue weighted by atomic mass is 10.1. The predicted molar refractivity (Wildman–Crippen MR) is 121 cm³/mol. The first kappa shape index (κ1) is 21.6. The van der Waals surface area contributed by atoms with Gasteiger partial charge in [0.25, 0.3) is 5.69 Å². The van der Waals surface area contributed by atoms with Crippen molar-refractivity contribution in [2.24, 2.45) is 0 Å². The topological polar surface area (TPSA) is 118 Å². The summed E-state index contributed by atoms with van der Waals surface area (Å²) in [5.74, 6) is -0.328. The summed E-state index contributed by atoms with van der Waals surface area (Å²) < 4.78 is 0. The summed E-state index contributed by atoms with van der Waals surface area (Å²) in [6.07, 6.45) is 1.36. The lowest BCUT2D eigenvalue weighted by Crippen LogP contribution is -2.24. The molecule has 1 aliphatic heterocycles. The minimum absolute atomic E-state index is 0.0237. The highest BCUT2D eigenvalue weighted by Crippen LogP contribution is 2.34. The molecule has 1 atom stereocenters. The molecule has 164 valence electrons. The summed E-state index contributed by atoms with van der Waals surface area (Å²) in [7, 11) is 0. The largest absolute Gasteiger partial charge is 0.312 e. The summed E-state index contributed by atoms with van der Waals surface area (Å²) in [5, 5.41) is 22.7. The van der Waals surface area contributed by atoms with E-state index in [1.54, 1.807) is 17.0 Å². The number of aromatic nitrogens is 2. The SMILES string of the molecule is CCc1ccc(N2CC(c3nnc(NC(=O)Cc4ccc([N+](=O)[O-])cc4)s3)CC2=O)cc1. The van der Waals surface area contributed by atoms with Gasteiger partial charge in [-0.3, -0.25) is 19.7 Å². The normalized spacial score (nSPS) is 15.7. The maximum absolute atomic E-state index is 12.5. The second-order valence-corrected chi connectivity index (χ2v) is 8.53. The molecule has 9 nitrogen and oxygen atoms in total. The van der Waals surface area contributed by atoms with Crippen LogP contribution in [-0.4, -0.2) is 33.5 Å². The minimum atomic E-state index is -0.484. The zero-order valence-corrected chi connectivity index (χ0v) is 18.2. The molecule has 32 heavy (non-hydrogen) atoms. The number of hydrogen-bond acceptors (Lipinski definition) is 7. The highest BCUT2D eigenvalue weighted by atomic mass is 32.1. The van der Waals surface area contributed by atoms with Crippen LogP contribution in [0.1, 0.15) is 35.4 Å². The van der Waals surface area contributed by atoms with Crippen LogP contribution in [0.2, 0.25) is 0 Å². The Labute approximate surface area is 188 Å². The van der Waals surface area contributed by atoms with Crippen molar-refractivity contribution in [3.8, 4) is 0 Å². The molecule has 1 aromatic heterocycles. The first-order valence-corrected chi connectivity index (χ1v) is 11.0. The Kier molecular flexibility index (Phi) is 6.22. The highest BCUT2D eigenvalue weighted by molar-refractivity contribution is 7.15. The van der Waals surface area contributed by atoms with Crippen molar-refractivity contribution >= 4 is 39.7 Å². The quantitative estimate of drug-likeness (QED) is 0.432. The van der Waals surface area contributed by atoms with Crippen molar-refractivity contribution in [3.05, 3.63) is 74.8 Å². The molecule has 0 spiro atoms. The van der Waals surface area contributed by atoms with Crippen LogP contribution in [0.15, 0.2) is 48.5 Å². The number of nitro groups is 1. The summed E-state index contributed by atoms with van der Waals surface area (Å²) in [6.45, 7) is 2.61. The molecule has 0 aliphatic carbocycles. The standard InChI is InChI=1S/C22H21N5O4S/c1-2-14-3-7-17(8-4-14)26-13-16(12-20(26)29)21-24-25-22(32-21)23-19(28)11-15-5-9-18(10-6-15)27(30)31/h3-10,16H,2,11-13H2,1H3,(H,23,25,28). The van der Waals surface area contributed by atoms with Gasteiger partial charge in [0.1, 0.15) is 5.01 Å². The monoisotopic (exact) mass is 451 g/mol. The predicted octanol–water partition coefficient (Wildman–Crippen LogP) is 3.71. The number of rotatable bonds is 7. The first-order chi connectivity index (χ1) is 15.4. The first-order valence-electron chi connectivity index (χ1n) is 10.2. The number of nitrogens with zero attached hydrogens (tertiary/aromatic N) is 4. The third-order valence-corrected chi connectivity index (χ3v) is 6.33. The third kappa shape index (κ3) is 4.80. The van der Waals surface area contributed by atoms with Gasteiger partial charge in [-0.25, -0.2) is 0 Å². The molecule has 0 radical (unpaired) electrons. The van der Waals surface area contributed by atoms with E-state index in [9.17, 15) is 19.7 Å². The van der Waals surface area contributed by atoms with Gasteiger partial charge in [-0.2, -0.15) is 0 Å². The Morgan fingerprint density at radius 2 is 1.84 bits per heavy atom. The van der Waals surface area contributed by atoms with Gasteiger partial charge >= 0.3 is 0 Å². The molecule has 2 amide bonds. The second kappa shape index (κ2) is 9.23. The third-order valence-electron chi connectivity index (χ3n) is 5.33. The van der Waals surface area contributed by atoms with E-state index < -0.39 is 4.92 Å². The summed E-state index contributed by atoms with van der Waals surface area (Å²) in [5.41, 5.74) is 2.72. The number of non-ortho nitro benzene ring substituents is 1. The molecular weight excluding hydrogens is 430 g/mol. The Hall–Kier alpha value is -3.66. The Bertz CT molecular complexity index is 1140. The van der Waals surface area contributed by atoms with Crippen LogP contribution >= 0.6 is 11.3 Å². The summed E-state index contributed by atoms with van der Waals surface area (Å²) >= 11 is 1.26. The van der Waals surface area contributed by atoms with Gasteiger partial charge < -0.3 is 10.2 Å². The van der Waals surface area contributed by atoms with E-state index in [0.717, 1.165) is 12.1 Å². The molecule has 1 aliphatic rings. The molecule has 1 saturated heterocycles. The van der Waals surface area contributed by atoms with E-state index >= 15 is 0 Å². The molecule has 1 N–H and O–H groups in total. The summed E-state index contributed by atoms with van der Waals surface area (Å²) in [4.78, 5) is 36.8. The molecule has 2 heterocycles. The van der Waals surface area contributed by atoms with E-state index in [-0.39, 0.29) is 29.8 Å². The number of nitro benzene ring substituents is 1. The van der Waals surface area contributed by atoms with Gasteiger partial charge in [-0.15, -0.1) is 10.2 Å². The average molecular weight is 452 g/mol. The van der Waals surface area contributed by atoms with E-state index in [2.05, 4.69) is 22.4 Å². The van der Waals surface area contributed by atoms with Crippen molar-refractivity contribution in [2.45, 2.75) is 32.1 Å². The number of benzene rings is 2. The smallest absolute Gasteiger partial charge is 0.269 e. The zero-order valence-electron chi connectivity index (χ0n) is 17.4. The molecule has 0 bridgehead atoms. The van der Waals surface area contributed by atoms with Crippen LogP contribution in [0.3, 0.4) is 0 Å². The minimum Gasteiger partial charge on any atom is -0.312 e. The van der Waals surface area contributed by atoms with Gasteiger partial charge in [0.05, 0.1) is 11.3 Å². The number of aryl methyl sites for hydroxylation is 1. The maximum Gasteiger partial charge on any atom is 0.269 e. The molecule has 3 aromatic rings. The van der Waals surface area contributed by atoms with Crippen LogP contribution in [0, 0.1) is 10.1 Å². The number of nitrogens with one attached hydrogen (secondary N) is 1. The molecule has 1 fully saturated rings. The number of anilines is 2. The average Bonchev–Trinajstić information content (AvgIpc) is 3.40.